The number of nitrogens with two attached hydrogens (primary N) is 1. The van der Waals surface area contributed by atoms with Gasteiger partial charge >= 0.3 is 0 Å². The largest absolute Gasteiger partial charge is 0.337 e. The van der Waals surface area contributed by atoms with Gasteiger partial charge in [-0.2, -0.15) is 0 Å². The van der Waals surface area contributed by atoms with E-state index in [1.165, 1.54) is 0 Å². The Bertz CT molecular complexity index is 206. The average Bonchev–Trinajstić information content (AvgIpc) is 2.16. The first-order valence-electron chi connectivity index (χ1n) is 5.30. The number of hydrogen-bond donors (Lipinski definition) is 2. The van der Waals surface area contributed by atoms with Crippen LogP contribution in [0, 0.1) is 5.92 Å². The Labute approximate surface area is 85.8 Å². The van der Waals surface area contributed by atoms with Crippen molar-refractivity contribution in [2.24, 2.45) is 11.7 Å². The number of nitrogens with one attached hydrogen (secondary N) is 1. The van der Waals surface area contributed by atoms with Gasteiger partial charge in [-0.15, -0.1) is 0 Å². The first kappa shape index (κ1) is 11.5. The van der Waals surface area contributed by atoms with Gasteiger partial charge in [0.15, 0.2) is 0 Å². The van der Waals surface area contributed by atoms with E-state index in [-0.39, 0.29) is 23.9 Å². The summed E-state index contributed by atoms with van der Waals surface area (Å²) in [6, 6.07) is 0.224. The third kappa shape index (κ3) is 2.45. The number of carbonyl (C=O) groups excluding carboxylic acids is 1. The highest BCUT2D eigenvalue weighted by molar-refractivity contribution is 5.79. The number of hydrogen-bond acceptors (Lipinski definition) is 3. The lowest BCUT2D eigenvalue weighted by molar-refractivity contribution is -0.138. The van der Waals surface area contributed by atoms with Crippen LogP contribution < -0.4 is 11.1 Å². The highest BCUT2D eigenvalue weighted by atomic mass is 16.2. The fraction of sp³-hybridized carbons (Fsp3) is 0.900. The molecule has 1 saturated heterocycles. The number of rotatable bonds is 2. The summed E-state index contributed by atoms with van der Waals surface area (Å²) < 4.78 is 0. The Morgan fingerprint density at radius 1 is 1.57 bits per heavy atom. The lowest BCUT2D eigenvalue weighted by Crippen LogP contribution is -2.55. The van der Waals surface area contributed by atoms with Crippen LogP contribution in [-0.4, -0.2) is 42.5 Å². The second kappa shape index (κ2) is 4.75. The van der Waals surface area contributed by atoms with E-state index >= 15 is 0 Å². The molecule has 0 bridgehead atoms. The van der Waals surface area contributed by atoms with E-state index in [0.717, 1.165) is 19.6 Å². The van der Waals surface area contributed by atoms with Crippen LogP contribution in [0.1, 0.15) is 20.8 Å². The van der Waals surface area contributed by atoms with E-state index in [9.17, 15) is 4.79 Å². The smallest absolute Gasteiger partial charge is 0.227 e. The van der Waals surface area contributed by atoms with Crippen molar-refractivity contribution in [1.82, 2.24) is 10.2 Å². The fourth-order valence-electron chi connectivity index (χ4n) is 1.65. The minimum absolute atomic E-state index is 0.0652. The minimum atomic E-state index is -0.0736. The molecule has 4 heteroatoms. The minimum Gasteiger partial charge on any atom is -0.337 e. The molecule has 1 heterocycles. The van der Waals surface area contributed by atoms with E-state index in [4.69, 9.17) is 5.73 Å². The maximum atomic E-state index is 12.0. The molecule has 0 aromatic rings. The van der Waals surface area contributed by atoms with Gasteiger partial charge in [0.25, 0.3) is 0 Å². The Hall–Kier alpha value is -0.610. The van der Waals surface area contributed by atoms with Gasteiger partial charge in [-0.25, -0.2) is 0 Å². The van der Waals surface area contributed by atoms with Crippen molar-refractivity contribution in [1.29, 1.82) is 0 Å². The van der Waals surface area contributed by atoms with Gasteiger partial charge < -0.3 is 16.0 Å². The van der Waals surface area contributed by atoms with Crippen LogP contribution in [0.2, 0.25) is 0 Å². The van der Waals surface area contributed by atoms with Crippen LogP contribution in [0.5, 0.6) is 0 Å². The Morgan fingerprint density at radius 2 is 2.21 bits per heavy atom. The molecule has 3 unspecified atom stereocenters. The molecule has 1 fully saturated rings. The topological polar surface area (TPSA) is 58.4 Å². The van der Waals surface area contributed by atoms with Gasteiger partial charge in [0, 0.05) is 31.7 Å². The van der Waals surface area contributed by atoms with Crippen molar-refractivity contribution in [2.45, 2.75) is 32.9 Å². The Kier molecular flexibility index (Phi) is 3.89. The molecular weight excluding hydrogens is 178 g/mol. The van der Waals surface area contributed by atoms with Gasteiger partial charge in [0.1, 0.15) is 0 Å². The molecule has 0 aliphatic carbocycles. The summed E-state index contributed by atoms with van der Waals surface area (Å²) in [5, 5.41) is 3.26. The predicted molar refractivity (Wildman–Crippen MR) is 56.9 cm³/mol. The van der Waals surface area contributed by atoms with Gasteiger partial charge in [-0.05, 0) is 13.8 Å². The number of piperazine rings is 1. The quantitative estimate of drug-likeness (QED) is 0.647. The Balaban J connectivity index is 2.58. The van der Waals surface area contributed by atoms with Crippen molar-refractivity contribution in [3.05, 3.63) is 0 Å². The standard InChI is InChI=1S/C10H21N3O/c1-7-6-12-4-5-13(7)10(14)8(2)9(3)11/h7-9,12H,4-6,11H2,1-3H3. The zero-order valence-electron chi connectivity index (χ0n) is 9.29. The summed E-state index contributed by atoms with van der Waals surface area (Å²) >= 11 is 0. The monoisotopic (exact) mass is 199 g/mol. The van der Waals surface area contributed by atoms with Crippen LogP contribution >= 0.6 is 0 Å². The molecule has 3 atom stereocenters. The summed E-state index contributed by atoms with van der Waals surface area (Å²) in [5.74, 6) is 0.115. The molecule has 0 radical (unpaired) electrons. The third-order valence-electron chi connectivity index (χ3n) is 2.96. The van der Waals surface area contributed by atoms with E-state index < -0.39 is 0 Å². The molecule has 14 heavy (non-hydrogen) atoms. The highest BCUT2D eigenvalue weighted by Gasteiger charge is 2.28. The second-order valence-electron chi connectivity index (χ2n) is 4.23. The maximum Gasteiger partial charge on any atom is 0.227 e. The second-order valence-corrected chi connectivity index (χ2v) is 4.23. The highest BCUT2D eigenvalue weighted by Crippen LogP contribution is 2.10. The molecular formula is C10H21N3O. The summed E-state index contributed by atoms with van der Waals surface area (Å²) in [6.45, 7) is 8.44. The van der Waals surface area contributed by atoms with Gasteiger partial charge in [-0.1, -0.05) is 6.92 Å². The van der Waals surface area contributed by atoms with Crippen molar-refractivity contribution >= 4 is 5.91 Å². The van der Waals surface area contributed by atoms with E-state index in [1.54, 1.807) is 0 Å². The predicted octanol–water partition coefficient (Wildman–Crippen LogP) is -0.210. The van der Waals surface area contributed by atoms with Gasteiger partial charge in [-0.3, -0.25) is 4.79 Å². The molecule has 1 rings (SSSR count). The molecule has 4 nitrogen and oxygen atoms in total. The average molecular weight is 199 g/mol. The van der Waals surface area contributed by atoms with E-state index in [0.29, 0.717) is 0 Å². The fourth-order valence-corrected chi connectivity index (χ4v) is 1.65. The SMILES string of the molecule is CC(N)C(C)C(=O)N1CCNCC1C. The van der Waals surface area contributed by atoms with Crippen LogP contribution in [0.3, 0.4) is 0 Å². The molecule has 0 spiro atoms. The lowest BCUT2D eigenvalue weighted by atomic mass is 10.0. The lowest BCUT2D eigenvalue weighted by Gasteiger charge is -2.36. The first-order chi connectivity index (χ1) is 6.54. The van der Waals surface area contributed by atoms with Gasteiger partial charge in [0.05, 0.1) is 5.92 Å². The Morgan fingerprint density at radius 3 is 2.71 bits per heavy atom. The molecule has 82 valence electrons. The van der Waals surface area contributed by atoms with Crippen LogP contribution in [0.4, 0.5) is 0 Å². The summed E-state index contributed by atoms with van der Waals surface area (Å²) in [5.41, 5.74) is 5.73. The zero-order chi connectivity index (χ0) is 10.7. The van der Waals surface area contributed by atoms with Crippen molar-refractivity contribution in [3.8, 4) is 0 Å². The number of amides is 1. The van der Waals surface area contributed by atoms with Crippen molar-refractivity contribution < 1.29 is 4.79 Å². The molecule has 1 amide bonds. The van der Waals surface area contributed by atoms with Crippen molar-refractivity contribution in [3.63, 3.8) is 0 Å². The van der Waals surface area contributed by atoms with Crippen LogP contribution in [0.25, 0.3) is 0 Å². The summed E-state index contributed by atoms with van der Waals surface area (Å²) in [7, 11) is 0. The molecule has 3 N–H and O–H groups in total. The normalized spacial score (nSPS) is 27.1. The molecule has 1 aliphatic heterocycles. The molecule has 0 saturated carbocycles. The van der Waals surface area contributed by atoms with E-state index in [1.807, 2.05) is 18.7 Å². The summed E-state index contributed by atoms with van der Waals surface area (Å²) in [4.78, 5) is 13.9. The molecule has 0 aromatic carbocycles. The maximum absolute atomic E-state index is 12.0. The zero-order valence-corrected chi connectivity index (χ0v) is 9.29. The van der Waals surface area contributed by atoms with Gasteiger partial charge in [0.2, 0.25) is 5.91 Å². The van der Waals surface area contributed by atoms with Crippen molar-refractivity contribution in [2.75, 3.05) is 19.6 Å². The third-order valence-corrected chi connectivity index (χ3v) is 2.96. The molecule has 1 aliphatic rings. The van der Waals surface area contributed by atoms with Crippen LogP contribution in [0.15, 0.2) is 0 Å². The number of carbonyl (C=O) groups is 1. The number of nitrogens with zero attached hydrogens (tertiary/aromatic N) is 1. The van der Waals surface area contributed by atoms with Crippen LogP contribution in [-0.2, 0) is 4.79 Å². The molecule has 0 aromatic heterocycles. The summed E-state index contributed by atoms with van der Waals surface area (Å²) in [6.07, 6.45) is 0. The van der Waals surface area contributed by atoms with E-state index in [2.05, 4.69) is 12.2 Å². The first-order valence-corrected chi connectivity index (χ1v) is 5.30.